The molecule has 5 aromatic rings. The summed E-state index contributed by atoms with van der Waals surface area (Å²) in [5, 5.41) is 7.19. The number of hydrogen-bond donors (Lipinski definition) is 0. The van der Waals surface area contributed by atoms with Gasteiger partial charge < -0.3 is 0 Å². The maximum atomic E-state index is 2.47. The third-order valence-corrected chi connectivity index (χ3v) is 14.7. The average molecular weight is 771 g/mol. The van der Waals surface area contributed by atoms with Crippen LogP contribution in [0.3, 0.4) is 0 Å². The Morgan fingerprint density at radius 2 is 0.849 bits per heavy atom. The molecule has 0 amide bonds. The molecule has 0 spiro atoms. The summed E-state index contributed by atoms with van der Waals surface area (Å²) in [5.74, 6) is 1.44. The van der Waals surface area contributed by atoms with Gasteiger partial charge in [-0.2, -0.15) is 0 Å². The minimum atomic E-state index is -0.783. The number of benzene rings is 5. The minimum Gasteiger partial charge on any atom is -0.0767 e. The van der Waals surface area contributed by atoms with Gasteiger partial charge in [0.15, 0.2) is 0 Å². The monoisotopic (exact) mass is 770 g/mol. The first-order chi connectivity index (χ1) is 25.0. The first kappa shape index (κ1) is 40.6. The predicted octanol–water partition coefficient (Wildman–Crippen LogP) is 11.3. The molecule has 0 aliphatic heterocycles. The second-order valence-electron chi connectivity index (χ2n) is 14.6. The zero-order chi connectivity index (χ0) is 36.9. The number of hydrogen-bond acceptors (Lipinski definition) is 0. The number of rotatable bonds is 8. The van der Waals surface area contributed by atoms with Crippen LogP contribution < -0.4 is 26.5 Å². The van der Waals surface area contributed by atoms with Crippen molar-refractivity contribution < 1.29 is 17.1 Å². The van der Waals surface area contributed by atoms with Crippen molar-refractivity contribution >= 4 is 47.9 Å². The van der Waals surface area contributed by atoms with Crippen LogP contribution in [0, 0.1) is 67.7 Å². The summed E-state index contributed by atoms with van der Waals surface area (Å²) < 4.78 is 0. The molecule has 0 N–H and O–H groups in total. The van der Waals surface area contributed by atoms with Crippen LogP contribution >= 0.6 is 15.8 Å². The summed E-state index contributed by atoms with van der Waals surface area (Å²) in [5.41, 5.74) is 13.7. The van der Waals surface area contributed by atoms with Crippen LogP contribution in [0.5, 0.6) is 0 Å². The molecule has 2 radical (unpaired) electrons. The Morgan fingerprint density at radius 1 is 0.453 bits per heavy atom. The van der Waals surface area contributed by atoms with Crippen molar-refractivity contribution in [1.29, 1.82) is 0 Å². The molecular weight excluding hydrogens is 718 g/mol. The molecular formula is C50H52FeP2. The fraction of sp³-hybridized carbons (Fsp3) is 0.200. The van der Waals surface area contributed by atoms with Gasteiger partial charge in [0.2, 0.25) is 0 Å². The van der Waals surface area contributed by atoms with Crippen molar-refractivity contribution in [3.8, 4) is 0 Å². The van der Waals surface area contributed by atoms with Crippen molar-refractivity contribution in [1.82, 2.24) is 0 Å². The van der Waals surface area contributed by atoms with E-state index in [1.54, 1.807) is 0 Å². The van der Waals surface area contributed by atoms with E-state index in [-0.39, 0.29) is 17.1 Å². The van der Waals surface area contributed by atoms with Crippen molar-refractivity contribution in [2.24, 2.45) is 0 Å². The van der Waals surface area contributed by atoms with Crippen LogP contribution in [0.15, 0.2) is 140 Å². The zero-order valence-corrected chi connectivity index (χ0v) is 35.6. The quantitative estimate of drug-likeness (QED) is 0.109. The molecule has 5 aromatic carbocycles. The van der Waals surface area contributed by atoms with Gasteiger partial charge in [-0.15, -0.1) is 0 Å². The molecule has 0 heterocycles. The summed E-state index contributed by atoms with van der Waals surface area (Å²) in [6.45, 7) is 20.4. The molecule has 0 nitrogen and oxygen atoms in total. The van der Waals surface area contributed by atoms with E-state index in [2.05, 4.69) is 178 Å². The molecule has 1 atom stereocenters. The molecule has 0 unspecified atom stereocenters. The topological polar surface area (TPSA) is 0 Å². The predicted molar refractivity (Wildman–Crippen MR) is 235 cm³/mol. The third-order valence-electron chi connectivity index (χ3n) is 9.58. The normalized spacial score (nSPS) is 14.0. The van der Waals surface area contributed by atoms with Gasteiger partial charge in [-0.3, -0.25) is 0 Å². The fourth-order valence-corrected chi connectivity index (χ4v) is 13.7. The second-order valence-corrected chi connectivity index (χ2v) is 19.4. The van der Waals surface area contributed by atoms with E-state index in [1.807, 2.05) is 30.7 Å². The Labute approximate surface area is 333 Å². The Kier molecular flexibility index (Phi) is 13.9. The van der Waals surface area contributed by atoms with Crippen LogP contribution in [0.4, 0.5) is 0 Å². The van der Waals surface area contributed by atoms with Crippen LogP contribution in [0.1, 0.15) is 57.0 Å². The van der Waals surface area contributed by atoms with Crippen molar-refractivity contribution in [3.05, 3.63) is 202 Å². The van der Waals surface area contributed by atoms with Gasteiger partial charge in [0.05, 0.1) is 0 Å². The summed E-state index contributed by atoms with van der Waals surface area (Å²) in [7, 11) is -1.44. The minimum absolute atomic E-state index is 0. The average Bonchev–Trinajstić information content (AvgIpc) is 3.80. The van der Waals surface area contributed by atoms with Gasteiger partial charge in [-0.05, 0) is 115 Å². The van der Waals surface area contributed by atoms with Gasteiger partial charge in [0.25, 0.3) is 0 Å². The molecule has 7 rings (SSSR count). The molecule has 0 saturated heterocycles. The van der Waals surface area contributed by atoms with Gasteiger partial charge in [0, 0.05) is 29.4 Å². The van der Waals surface area contributed by atoms with Gasteiger partial charge in [-0.25, -0.2) is 0 Å². The molecule has 0 aromatic heterocycles. The van der Waals surface area contributed by atoms with Crippen LogP contribution in [-0.2, 0) is 17.1 Å². The van der Waals surface area contributed by atoms with Crippen LogP contribution in [0.2, 0.25) is 0 Å². The molecule has 0 bridgehead atoms. The summed E-state index contributed by atoms with van der Waals surface area (Å²) in [6, 6.07) is 37.8. The molecule has 0 saturated carbocycles. The van der Waals surface area contributed by atoms with Crippen molar-refractivity contribution in [3.63, 3.8) is 0 Å². The third kappa shape index (κ3) is 9.95. The van der Waals surface area contributed by atoms with E-state index < -0.39 is 15.8 Å². The number of aryl methyl sites for hydroxylation is 8. The molecule has 53 heavy (non-hydrogen) atoms. The van der Waals surface area contributed by atoms with Gasteiger partial charge in [-0.1, -0.05) is 191 Å². The SMILES string of the molecule is Cc1cc(C)cc(P(c2cc(C)cc(C)c2)c2ccccc2C2=CC=C[C]2[C@@H](C)P(c2cc(C)cc(C)c2)c2cc(C)cc(C)c2)c1.[CH]1C=CC=C1.[Fe]. The summed E-state index contributed by atoms with van der Waals surface area (Å²) in [6.07, 6.45) is 17.1. The standard InChI is InChI=1S/C45H47P2.C5H5.Fe/c1-29-17-30(2)22-38(21-29)46(39-23-31(3)18-32(4)24-39)37(9)42-14-12-15-43(42)44-13-10-11-16-45(44)47(40-25-33(5)19-34(6)26-40)41-27-35(7)20-36(8)28-41;1-2-4-5-3-1;/h10-28,37H,1-9H3;1-5H;/t37-;;/m1../s1. The van der Waals surface area contributed by atoms with Crippen molar-refractivity contribution in [2.75, 3.05) is 0 Å². The maximum Gasteiger partial charge on any atom is 0.0350 e. The van der Waals surface area contributed by atoms with E-state index in [1.165, 1.54) is 88.1 Å². The largest absolute Gasteiger partial charge is 0.0767 e. The van der Waals surface area contributed by atoms with E-state index in [4.69, 9.17) is 0 Å². The summed E-state index contributed by atoms with van der Waals surface area (Å²) in [4.78, 5) is 0. The van der Waals surface area contributed by atoms with E-state index in [0.29, 0.717) is 5.66 Å². The van der Waals surface area contributed by atoms with Crippen LogP contribution in [-0.4, -0.2) is 5.66 Å². The van der Waals surface area contributed by atoms with E-state index in [0.717, 1.165) is 0 Å². The van der Waals surface area contributed by atoms with E-state index in [9.17, 15) is 0 Å². The van der Waals surface area contributed by atoms with Gasteiger partial charge >= 0.3 is 0 Å². The van der Waals surface area contributed by atoms with Gasteiger partial charge in [0.1, 0.15) is 0 Å². The fourth-order valence-electron chi connectivity index (χ4n) is 7.76. The Balaban J connectivity index is 0.000000833. The molecule has 270 valence electrons. The first-order valence-electron chi connectivity index (χ1n) is 18.4. The molecule has 3 heteroatoms. The summed E-state index contributed by atoms with van der Waals surface area (Å²) >= 11 is 0. The molecule has 0 fully saturated rings. The first-order valence-corrected chi connectivity index (χ1v) is 21.2. The Hall–Kier alpha value is -3.56. The van der Waals surface area contributed by atoms with E-state index >= 15 is 0 Å². The zero-order valence-electron chi connectivity index (χ0n) is 32.7. The second kappa shape index (κ2) is 18.2. The number of allylic oxidation sites excluding steroid dienone is 8. The van der Waals surface area contributed by atoms with Crippen LogP contribution in [0.25, 0.3) is 5.57 Å². The maximum absolute atomic E-state index is 2.47. The van der Waals surface area contributed by atoms with Crippen molar-refractivity contribution in [2.45, 2.75) is 68.0 Å². The smallest absolute Gasteiger partial charge is 0.0350 e. The Bertz CT molecular complexity index is 2010. The molecule has 2 aliphatic carbocycles. The Morgan fingerprint density at radius 3 is 1.25 bits per heavy atom. The molecule has 2 aliphatic rings.